The number of hydrogen-bond donors (Lipinski definition) is 2. The molecule has 5 heteroatoms. The molecule has 2 N–H and O–H groups in total. The van der Waals surface area contributed by atoms with Gasteiger partial charge >= 0.3 is 0 Å². The molecule has 2 amide bonds. The summed E-state index contributed by atoms with van der Waals surface area (Å²) in [6.45, 7) is 9.86. The number of amides is 2. The van der Waals surface area contributed by atoms with Crippen molar-refractivity contribution in [3.63, 3.8) is 0 Å². The lowest BCUT2D eigenvalue weighted by molar-refractivity contribution is -0.118. The Morgan fingerprint density at radius 1 is 1.14 bits per heavy atom. The van der Waals surface area contributed by atoms with Crippen LogP contribution in [0.1, 0.15) is 42.3 Å². The third-order valence-electron chi connectivity index (χ3n) is 5.35. The van der Waals surface area contributed by atoms with Crippen LogP contribution < -0.4 is 15.5 Å². The van der Waals surface area contributed by atoms with Crippen molar-refractivity contribution in [2.75, 3.05) is 23.3 Å². The molecule has 0 aliphatic carbocycles. The summed E-state index contributed by atoms with van der Waals surface area (Å²) >= 11 is 0. The Morgan fingerprint density at radius 2 is 1.89 bits per heavy atom. The van der Waals surface area contributed by atoms with Gasteiger partial charge in [0.05, 0.1) is 0 Å². The smallest absolute Gasteiger partial charge is 0.252 e. The van der Waals surface area contributed by atoms with Crippen LogP contribution in [0.4, 0.5) is 11.4 Å². The quantitative estimate of drug-likeness (QED) is 0.803. The number of nitrogens with zero attached hydrogens (tertiary/aromatic N) is 1. The first-order valence-corrected chi connectivity index (χ1v) is 9.96. The largest absolute Gasteiger partial charge is 0.371 e. The van der Waals surface area contributed by atoms with E-state index in [2.05, 4.69) is 28.5 Å². The van der Waals surface area contributed by atoms with Crippen molar-refractivity contribution in [3.8, 4) is 0 Å². The lowest BCUT2D eigenvalue weighted by Crippen LogP contribution is -2.47. The Hall–Kier alpha value is -2.82. The molecule has 0 saturated heterocycles. The minimum atomic E-state index is -0.609. The predicted octanol–water partition coefficient (Wildman–Crippen LogP) is 3.77. The predicted molar refractivity (Wildman–Crippen MR) is 114 cm³/mol. The number of fused-ring (bicyclic) bond motifs is 1. The standard InChI is InChI=1S/C23H29N3O2/c1-5-26-13-12-17-10-11-18(14-20(17)26)24-23(28)21(15(2)3)25-22(27)19-9-7-6-8-16(19)4/h6-11,14-15,21H,5,12-13H2,1-4H3,(H,24,28)(H,25,27). The van der Waals surface area contributed by atoms with Crippen molar-refractivity contribution in [1.29, 1.82) is 0 Å². The number of rotatable bonds is 6. The van der Waals surface area contributed by atoms with Gasteiger partial charge in [-0.25, -0.2) is 0 Å². The highest BCUT2D eigenvalue weighted by molar-refractivity contribution is 6.02. The number of aryl methyl sites for hydroxylation is 1. The highest BCUT2D eigenvalue weighted by Crippen LogP contribution is 2.30. The summed E-state index contributed by atoms with van der Waals surface area (Å²) in [5.74, 6) is -0.453. The van der Waals surface area contributed by atoms with E-state index in [0.717, 1.165) is 30.8 Å². The average Bonchev–Trinajstić information content (AvgIpc) is 3.08. The van der Waals surface area contributed by atoms with Crippen molar-refractivity contribution in [2.24, 2.45) is 5.92 Å². The van der Waals surface area contributed by atoms with Crippen LogP contribution in [0.15, 0.2) is 42.5 Å². The molecule has 2 aromatic carbocycles. The summed E-state index contributed by atoms with van der Waals surface area (Å²) in [5.41, 5.74) is 4.75. The second kappa shape index (κ2) is 8.46. The van der Waals surface area contributed by atoms with E-state index < -0.39 is 6.04 Å². The first-order valence-electron chi connectivity index (χ1n) is 9.96. The summed E-state index contributed by atoms with van der Waals surface area (Å²) in [5, 5.41) is 5.89. The molecule has 1 aliphatic rings. The Labute approximate surface area is 167 Å². The lowest BCUT2D eigenvalue weighted by Gasteiger charge is -2.23. The molecule has 3 rings (SSSR count). The normalized spacial score (nSPS) is 14.0. The molecule has 5 nitrogen and oxygen atoms in total. The number of carbonyl (C=O) groups is 2. The van der Waals surface area contributed by atoms with Gasteiger partial charge in [0.2, 0.25) is 5.91 Å². The Morgan fingerprint density at radius 3 is 2.57 bits per heavy atom. The highest BCUT2D eigenvalue weighted by Gasteiger charge is 2.26. The molecule has 0 fully saturated rings. The van der Waals surface area contributed by atoms with E-state index in [1.807, 2.05) is 51.1 Å². The maximum Gasteiger partial charge on any atom is 0.252 e. The Balaban J connectivity index is 1.74. The molecule has 0 saturated carbocycles. The van der Waals surface area contributed by atoms with Crippen LogP contribution in [-0.2, 0) is 11.2 Å². The van der Waals surface area contributed by atoms with Crippen LogP contribution in [0, 0.1) is 12.8 Å². The first-order chi connectivity index (χ1) is 13.4. The van der Waals surface area contributed by atoms with Crippen LogP contribution in [0.25, 0.3) is 0 Å². The van der Waals surface area contributed by atoms with Gasteiger partial charge in [0, 0.05) is 30.0 Å². The van der Waals surface area contributed by atoms with Crippen molar-refractivity contribution < 1.29 is 9.59 Å². The van der Waals surface area contributed by atoms with Gasteiger partial charge in [-0.3, -0.25) is 9.59 Å². The molecule has 1 atom stereocenters. The number of hydrogen-bond acceptors (Lipinski definition) is 3. The molecule has 1 heterocycles. The van der Waals surface area contributed by atoms with Gasteiger partial charge in [0.25, 0.3) is 5.91 Å². The number of likely N-dealkylation sites (N-methyl/N-ethyl adjacent to an activating group) is 1. The zero-order valence-electron chi connectivity index (χ0n) is 17.1. The number of anilines is 2. The van der Waals surface area contributed by atoms with Gasteiger partial charge in [0.1, 0.15) is 6.04 Å². The first kappa shape index (κ1) is 19.9. The number of carbonyl (C=O) groups excluding carboxylic acids is 2. The van der Waals surface area contributed by atoms with Gasteiger partial charge in [-0.2, -0.15) is 0 Å². The third kappa shape index (κ3) is 4.19. The van der Waals surface area contributed by atoms with Crippen molar-refractivity contribution in [1.82, 2.24) is 5.32 Å². The molecule has 2 aromatic rings. The van der Waals surface area contributed by atoms with Crippen LogP contribution in [0.5, 0.6) is 0 Å². The summed E-state index contributed by atoms with van der Waals surface area (Å²) in [6.07, 6.45) is 1.04. The van der Waals surface area contributed by atoms with E-state index in [4.69, 9.17) is 0 Å². The second-order valence-corrected chi connectivity index (χ2v) is 7.67. The summed E-state index contributed by atoms with van der Waals surface area (Å²) in [7, 11) is 0. The maximum absolute atomic E-state index is 12.9. The summed E-state index contributed by atoms with van der Waals surface area (Å²) < 4.78 is 0. The van der Waals surface area contributed by atoms with Crippen LogP contribution >= 0.6 is 0 Å². The summed E-state index contributed by atoms with van der Waals surface area (Å²) in [6, 6.07) is 12.8. The van der Waals surface area contributed by atoms with Crippen molar-refractivity contribution in [2.45, 2.75) is 40.2 Å². The zero-order chi connectivity index (χ0) is 20.3. The SMILES string of the molecule is CCN1CCc2ccc(NC(=O)C(NC(=O)c3ccccc3C)C(C)C)cc21. The topological polar surface area (TPSA) is 61.4 Å². The van der Waals surface area contributed by atoms with Gasteiger partial charge < -0.3 is 15.5 Å². The van der Waals surface area contributed by atoms with E-state index in [0.29, 0.717) is 5.56 Å². The fraction of sp³-hybridized carbons (Fsp3) is 0.391. The van der Waals surface area contributed by atoms with E-state index in [-0.39, 0.29) is 17.7 Å². The second-order valence-electron chi connectivity index (χ2n) is 7.67. The molecule has 0 aromatic heterocycles. The van der Waals surface area contributed by atoms with E-state index in [9.17, 15) is 9.59 Å². The van der Waals surface area contributed by atoms with Crippen LogP contribution in [0.2, 0.25) is 0 Å². The number of nitrogens with one attached hydrogen (secondary N) is 2. The van der Waals surface area contributed by atoms with Gasteiger partial charge in [0.15, 0.2) is 0 Å². The minimum Gasteiger partial charge on any atom is -0.371 e. The Kier molecular flexibility index (Phi) is 6.02. The monoisotopic (exact) mass is 379 g/mol. The highest BCUT2D eigenvalue weighted by atomic mass is 16.2. The van der Waals surface area contributed by atoms with Gasteiger partial charge in [-0.1, -0.05) is 38.1 Å². The lowest BCUT2D eigenvalue weighted by atomic mass is 10.0. The van der Waals surface area contributed by atoms with Gasteiger partial charge in [-0.05, 0) is 55.5 Å². The third-order valence-corrected chi connectivity index (χ3v) is 5.35. The molecule has 148 valence electrons. The molecular formula is C23H29N3O2. The molecule has 0 bridgehead atoms. The van der Waals surface area contributed by atoms with E-state index >= 15 is 0 Å². The van der Waals surface area contributed by atoms with Crippen LogP contribution in [-0.4, -0.2) is 30.9 Å². The summed E-state index contributed by atoms with van der Waals surface area (Å²) in [4.78, 5) is 27.9. The molecule has 0 spiro atoms. The fourth-order valence-corrected chi connectivity index (χ4v) is 3.65. The van der Waals surface area contributed by atoms with Gasteiger partial charge in [-0.15, -0.1) is 0 Å². The number of benzene rings is 2. The molecular weight excluding hydrogens is 350 g/mol. The Bertz CT molecular complexity index is 876. The minimum absolute atomic E-state index is 0.0328. The van der Waals surface area contributed by atoms with E-state index in [1.54, 1.807) is 6.07 Å². The van der Waals surface area contributed by atoms with Crippen molar-refractivity contribution >= 4 is 23.2 Å². The molecule has 28 heavy (non-hydrogen) atoms. The zero-order valence-corrected chi connectivity index (χ0v) is 17.1. The average molecular weight is 380 g/mol. The fourth-order valence-electron chi connectivity index (χ4n) is 3.65. The molecule has 0 radical (unpaired) electrons. The van der Waals surface area contributed by atoms with Crippen molar-refractivity contribution in [3.05, 3.63) is 59.2 Å². The molecule has 1 aliphatic heterocycles. The van der Waals surface area contributed by atoms with E-state index in [1.165, 1.54) is 11.3 Å². The molecule has 1 unspecified atom stereocenters. The van der Waals surface area contributed by atoms with Crippen LogP contribution in [0.3, 0.4) is 0 Å². The maximum atomic E-state index is 12.9.